The molecule has 1 aromatic carbocycles. The van der Waals surface area contributed by atoms with Crippen LogP contribution >= 0.6 is 0 Å². The zero-order valence-electron chi connectivity index (χ0n) is 11.1. The van der Waals surface area contributed by atoms with Gasteiger partial charge in [-0.25, -0.2) is 3.97 Å². The number of rotatable bonds is 2. The van der Waals surface area contributed by atoms with Crippen LogP contribution < -0.4 is 4.72 Å². The van der Waals surface area contributed by atoms with E-state index in [4.69, 9.17) is 0 Å². The molecular formula is C13H20N2O2S. The summed E-state index contributed by atoms with van der Waals surface area (Å²) in [5.74, 6) is 0. The number of aromatic nitrogens is 1. The summed E-state index contributed by atoms with van der Waals surface area (Å²) < 4.78 is 28.6. The van der Waals surface area contributed by atoms with Crippen LogP contribution in [0.4, 0.5) is 0 Å². The van der Waals surface area contributed by atoms with Crippen LogP contribution in [0.2, 0.25) is 0 Å². The summed E-state index contributed by atoms with van der Waals surface area (Å²) in [7, 11) is -3.56. The number of nitrogens with zero attached hydrogens (tertiary/aromatic N) is 1. The molecule has 5 heteroatoms. The maximum atomic E-state index is 12.3. The molecule has 4 nitrogen and oxygen atoms in total. The van der Waals surface area contributed by atoms with Gasteiger partial charge in [-0.15, -0.1) is 0 Å². The third-order valence-electron chi connectivity index (χ3n) is 2.57. The van der Waals surface area contributed by atoms with E-state index in [1.807, 2.05) is 52.0 Å². The first kappa shape index (κ1) is 13.1. The Balaban J connectivity index is 0.00000180. The highest BCUT2D eigenvalue weighted by atomic mass is 32.2. The number of hydrogen-bond donors (Lipinski definition) is 1. The van der Waals surface area contributed by atoms with E-state index < -0.39 is 15.7 Å². The summed E-state index contributed by atoms with van der Waals surface area (Å²) in [4.78, 5) is 0. The Morgan fingerprint density at radius 3 is 2.44 bits per heavy atom. The minimum atomic E-state index is -3.56. The Bertz CT molecular complexity index is 684. The quantitative estimate of drug-likeness (QED) is 0.910. The molecule has 1 heterocycles. The van der Waals surface area contributed by atoms with Gasteiger partial charge in [0, 0.05) is 18.5 Å². The first-order valence-corrected chi connectivity index (χ1v) is 7.26. The maximum absolute atomic E-state index is 12.3. The first-order valence-electron chi connectivity index (χ1n) is 5.82. The molecular weight excluding hydrogens is 248 g/mol. The van der Waals surface area contributed by atoms with E-state index in [9.17, 15) is 8.42 Å². The lowest BCUT2D eigenvalue weighted by atomic mass is 10.1. The van der Waals surface area contributed by atoms with Gasteiger partial charge in [0.2, 0.25) is 0 Å². The number of benzene rings is 1. The molecule has 0 radical (unpaired) electrons. The van der Waals surface area contributed by atoms with Crippen LogP contribution in [-0.2, 0) is 10.2 Å². The topological polar surface area (TPSA) is 51.1 Å². The van der Waals surface area contributed by atoms with Crippen molar-refractivity contribution in [1.82, 2.24) is 8.69 Å². The number of hydrogen-bond acceptors (Lipinski definition) is 2. The van der Waals surface area contributed by atoms with Crippen molar-refractivity contribution < 1.29 is 9.84 Å². The first-order chi connectivity index (χ1) is 8.21. The molecule has 0 saturated heterocycles. The van der Waals surface area contributed by atoms with E-state index in [1.54, 1.807) is 6.20 Å². The van der Waals surface area contributed by atoms with Crippen LogP contribution in [-0.4, -0.2) is 17.9 Å². The number of para-hydroxylation sites is 1. The van der Waals surface area contributed by atoms with Gasteiger partial charge in [0.05, 0.1) is 5.52 Å². The molecule has 0 amide bonds. The van der Waals surface area contributed by atoms with Gasteiger partial charge < -0.3 is 0 Å². The van der Waals surface area contributed by atoms with Crippen molar-refractivity contribution >= 4 is 21.1 Å². The van der Waals surface area contributed by atoms with E-state index >= 15 is 0 Å². The van der Waals surface area contributed by atoms with Crippen LogP contribution in [0.3, 0.4) is 0 Å². The van der Waals surface area contributed by atoms with Crippen LogP contribution in [0.15, 0.2) is 30.5 Å². The average molecular weight is 268 g/mol. The van der Waals surface area contributed by atoms with Crippen molar-refractivity contribution in [1.29, 1.82) is 0 Å². The van der Waals surface area contributed by atoms with Crippen molar-refractivity contribution in [2.75, 3.05) is 0 Å². The molecule has 0 saturated carbocycles. The Morgan fingerprint density at radius 1 is 1.22 bits per heavy atom. The SMILES string of the molecule is Cc1cn(S(=O)(=O)NC(C)(C)C)c2ccccc12.[HH]. The van der Waals surface area contributed by atoms with Crippen LogP contribution in [0, 0.1) is 6.92 Å². The summed E-state index contributed by atoms with van der Waals surface area (Å²) >= 11 is 0. The Hall–Kier alpha value is -1.33. The van der Waals surface area contributed by atoms with Gasteiger partial charge in [-0.1, -0.05) is 18.2 Å². The van der Waals surface area contributed by atoms with Gasteiger partial charge in [0.15, 0.2) is 0 Å². The smallest absolute Gasteiger partial charge is 0.232 e. The van der Waals surface area contributed by atoms with Crippen molar-refractivity contribution in [2.24, 2.45) is 0 Å². The summed E-state index contributed by atoms with van der Waals surface area (Å²) in [6, 6.07) is 7.48. The lowest BCUT2D eigenvalue weighted by molar-refractivity contribution is 0.487. The molecule has 0 aliphatic carbocycles. The van der Waals surface area contributed by atoms with E-state index in [0.29, 0.717) is 5.52 Å². The summed E-state index contributed by atoms with van der Waals surface area (Å²) in [5, 5.41) is 0.955. The van der Waals surface area contributed by atoms with Crippen LogP contribution in [0.5, 0.6) is 0 Å². The molecule has 0 aliphatic rings. The molecule has 1 N–H and O–H groups in total. The summed E-state index contributed by atoms with van der Waals surface area (Å²) in [5.41, 5.74) is 1.15. The monoisotopic (exact) mass is 268 g/mol. The van der Waals surface area contributed by atoms with E-state index in [2.05, 4.69) is 4.72 Å². The Morgan fingerprint density at radius 2 is 1.83 bits per heavy atom. The molecule has 0 unspecified atom stereocenters. The number of fused-ring (bicyclic) bond motifs is 1. The standard InChI is InChI=1S/C13H18N2O2S.H2/c1-10-9-15(12-8-6-5-7-11(10)12)18(16,17)14-13(2,3)4;/h5-9,14H,1-4H3;1H. The number of aryl methyl sites for hydroxylation is 1. The second-order valence-corrected chi connectivity index (χ2v) is 7.03. The average Bonchev–Trinajstić information content (AvgIpc) is 2.54. The molecule has 0 fully saturated rings. The molecule has 0 aliphatic heterocycles. The summed E-state index contributed by atoms with van der Waals surface area (Å²) in [6.07, 6.45) is 1.65. The fourth-order valence-electron chi connectivity index (χ4n) is 1.95. The highest BCUT2D eigenvalue weighted by Gasteiger charge is 2.23. The van der Waals surface area contributed by atoms with Crippen molar-refractivity contribution in [3.63, 3.8) is 0 Å². The van der Waals surface area contributed by atoms with Crippen molar-refractivity contribution in [3.05, 3.63) is 36.0 Å². The van der Waals surface area contributed by atoms with Gasteiger partial charge in [-0.05, 0) is 39.3 Å². The molecule has 1 aromatic heterocycles. The highest BCUT2D eigenvalue weighted by molar-refractivity contribution is 7.88. The minimum Gasteiger partial charge on any atom is -0.232 e. The fraction of sp³-hybridized carbons (Fsp3) is 0.385. The molecule has 2 rings (SSSR count). The van der Waals surface area contributed by atoms with Gasteiger partial charge in [0.25, 0.3) is 0 Å². The predicted molar refractivity (Wildman–Crippen MR) is 76.0 cm³/mol. The van der Waals surface area contributed by atoms with Crippen molar-refractivity contribution in [2.45, 2.75) is 33.2 Å². The van der Waals surface area contributed by atoms with Gasteiger partial charge in [-0.2, -0.15) is 13.1 Å². The largest absolute Gasteiger partial charge is 0.305 e. The molecule has 0 spiro atoms. The van der Waals surface area contributed by atoms with Crippen molar-refractivity contribution in [3.8, 4) is 0 Å². The zero-order chi connectivity index (χ0) is 13.6. The maximum Gasteiger partial charge on any atom is 0.305 e. The lowest BCUT2D eigenvalue weighted by Gasteiger charge is -2.21. The lowest BCUT2D eigenvalue weighted by Crippen LogP contribution is -2.43. The normalized spacial score (nSPS) is 13.1. The van der Waals surface area contributed by atoms with Gasteiger partial charge >= 0.3 is 10.2 Å². The Labute approximate surface area is 109 Å². The second-order valence-electron chi connectivity index (χ2n) is 5.48. The third-order valence-corrected chi connectivity index (χ3v) is 4.26. The third kappa shape index (κ3) is 2.42. The number of nitrogens with one attached hydrogen (secondary N) is 1. The van der Waals surface area contributed by atoms with E-state index in [-0.39, 0.29) is 1.43 Å². The molecule has 0 bridgehead atoms. The van der Waals surface area contributed by atoms with Crippen LogP contribution in [0.1, 0.15) is 27.8 Å². The van der Waals surface area contributed by atoms with Gasteiger partial charge in [0.1, 0.15) is 0 Å². The second kappa shape index (κ2) is 4.10. The Kier molecular flexibility index (Phi) is 2.99. The fourth-order valence-corrected chi connectivity index (χ4v) is 3.54. The predicted octanol–water partition coefficient (Wildman–Crippen LogP) is 2.68. The molecule has 18 heavy (non-hydrogen) atoms. The zero-order valence-corrected chi connectivity index (χ0v) is 11.9. The molecule has 100 valence electrons. The van der Waals surface area contributed by atoms with Gasteiger partial charge in [-0.3, -0.25) is 0 Å². The summed E-state index contributed by atoms with van der Waals surface area (Å²) in [6.45, 7) is 7.38. The minimum absolute atomic E-state index is 0. The van der Waals surface area contributed by atoms with E-state index in [1.165, 1.54) is 3.97 Å². The van der Waals surface area contributed by atoms with Crippen LogP contribution in [0.25, 0.3) is 10.9 Å². The molecule has 2 aromatic rings. The van der Waals surface area contributed by atoms with E-state index in [0.717, 1.165) is 10.9 Å². The molecule has 0 atom stereocenters. The highest BCUT2D eigenvalue weighted by Crippen LogP contribution is 2.22.